The van der Waals surface area contributed by atoms with Gasteiger partial charge in [-0.3, -0.25) is 0 Å². The summed E-state index contributed by atoms with van der Waals surface area (Å²) in [5.74, 6) is -1.17. The third kappa shape index (κ3) is 4.55. The highest BCUT2D eigenvalue weighted by molar-refractivity contribution is 9.10. The lowest BCUT2D eigenvalue weighted by Crippen LogP contribution is -2.33. The summed E-state index contributed by atoms with van der Waals surface area (Å²) in [6.07, 6.45) is 0. The van der Waals surface area contributed by atoms with Gasteiger partial charge in [0.2, 0.25) is 10.0 Å². The molecule has 1 rings (SSSR count). The molecular formula is C12H17BrN2O4S. The first-order chi connectivity index (χ1) is 9.27. The van der Waals surface area contributed by atoms with Gasteiger partial charge in [0.05, 0.1) is 10.5 Å². The molecular weight excluding hydrogens is 348 g/mol. The number of carboxylic acid groups (broad SMARTS) is 1. The van der Waals surface area contributed by atoms with Crippen molar-refractivity contribution in [1.29, 1.82) is 0 Å². The van der Waals surface area contributed by atoms with Crippen molar-refractivity contribution in [3.05, 3.63) is 28.2 Å². The van der Waals surface area contributed by atoms with E-state index in [1.165, 1.54) is 12.1 Å². The fourth-order valence-electron chi connectivity index (χ4n) is 1.45. The SMILES string of the molecule is CCN(C)CCNS(=O)(=O)c1cc(C(=O)O)ccc1Br. The molecule has 0 bridgehead atoms. The van der Waals surface area contributed by atoms with Crippen LogP contribution in [0.25, 0.3) is 0 Å². The number of benzene rings is 1. The van der Waals surface area contributed by atoms with Gasteiger partial charge in [-0.15, -0.1) is 0 Å². The van der Waals surface area contributed by atoms with Gasteiger partial charge in [0.25, 0.3) is 0 Å². The van der Waals surface area contributed by atoms with Crippen LogP contribution in [0.2, 0.25) is 0 Å². The molecule has 0 aliphatic rings. The van der Waals surface area contributed by atoms with Gasteiger partial charge in [0.1, 0.15) is 0 Å². The minimum Gasteiger partial charge on any atom is -0.478 e. The highest BCUT2D eigenvalue weighted by Gasteiger charge is 2.19. The molecule has 1 aromatic rings. The van der Waals surface area contributed by atoms with E-state index in [-0.39, 0.29) is 17.0 Å². The number of carboxylic acids is 1. The van der Waals surface area contributed by atoms with Gasteiger partial charge < -0.3 is 10.0 Å². The van der Waals surface area contributed by atoms with Gasteiger partial charge in [-0.05, 0) is 47.7 Å². The Hall–Kier alpha value is -0.960. The van der Waals surface area contributed by atoms with E-state index < -0.39 is 16.0 Å². The molecule has 20 heavy (non-hydrogen) atoms. The summed E-state index contributed by atoms with van der Waals surface area (Å²) < 4.78 is 27.1. The fourth-order valence-corrected chi connectivity index (χ4v) is 3.46. The first-order valence-corrected chi connectivity index (χ1v) is 8.26. The maximum atomic E-state index is 12.1. The highest BCUT2D eigenvalue weighted by Crippen LogP contribution is 2.23. The molecule has 0 heterocycles. The number of likely N-dealkylation sites (N-methyl/N-ethyl adjacent to an activating group) is 1. The molecule has 0 aliphatic heterocycles. The number of hydrogen-bond acceptors (Lipinski definition) is 4. The van der Waals surface area contributed by atoms with Crippen molar-refractivity contribution in [3.63, 3.8) is 0 Å². The maximum Gasteiger partial charge on any atom is 0.335 e. The molecule has 0 saturated carbocycles. The molecule has 0 saturated heterocycles. The van der Waals surface area contributed by atoms with E-state index >= 15 is 0 Å². The Morgan fingerprint density at radius 3 is 2.65 bits per heavy atom. The Kier molecular flexibility index (Phi) is 6.12. The summed E-state index contributed by atoms with van der Waals surface area (Å²) in [5, 5.41) is 8.91. The van der Waals surface area contributed by atoms with Gasteiger partial charge in [-0.25, -0.2) is 17.9 Å². The predicted octanol–water partition coefficient (Wildman–Crippen LogP) is 1.38. The van der Waals surface area contributed by atoms with Crippen LogP contribution < -0.4 is 4.72 Å². The molecule has 0 amide bonds. The zero-order valence-corrected chi connectivity index (χ0v) is 13.7. The van der Waals surface area contributed by atoms with Crippen molar-refractivity contribution in [3.8, 4) is 0 Å². The molecule has 112 valence electrons. The van der Waals surface area contributed by atoms with Crippen molar-refractivity contribution < 1.29 is 18.3 Å². The quantitative estimate of drug-likeness (QED) is 0.762. The third-order valence-electron chi connectivity index (χ3n) is 2.79. The molecule has 0 unspecified atom stereocenters. The maximum absolute atomic E-state index is 12.1. The smallest absolute Gasteiger partial charge is 0.335 e. The lowest BCUT2D eigenvalue weighted by atomic mass is 10.2. The molecule has 0 radical (unpaired) electrons. The number of hydrogen-bond donors (Lipinski definition) is 2. The van der Waals surface area contributed by atoms with Gasteiger partial charge in [0, 0.05) is 17.6 Å². The number of nitrogens with one attached hydrogen (secondary N) is 1. The van der Waals surface area contributed by atoms with E-state index in [4.69, 9.17) is 5.11 Å². The summed E-state index contributed by atoms with van der Waals surface area (Å²) in [7, 11) is -1.85. The van der Waals surface area contributed by atoms with Gasteiger partial charge in [-0.2, -0.15) is 0 Å². The van der Waals surface area contributed by atoms with Crippen LogP contribution in [-0.2, 0) is 10.0 Å². The zero-order valence-electron chi connectivity index (χ0n) is 11.3. The van der Waals surface area contributed by atoms with Crippen molar-refractivity contribution in [1.82, 2.24) is 9.62 Å². The number of aromatic carboxylic acids is 1. The summed E-state index contributed by atoms with van der Waals surface area (Å²) in [6, 6.07) is 3.89. The third-order valence-corrected chi connectivity index (χ3v) is 5.25. The van der Waals surface area contributed by atoms with Gasteiger partial charge in [-0.1, -0.05) is 6.92 Å². The lowest BCUT2D eigenvalue weighted by molar-refractivity contribution is 0.0696. The van der Waals surface area contributed by atoms with Crippen LogP contribution in [0.3, 0.4) is 0 Å². The number of carbonyl (C=O) groups is 1. The molecule has 0 aromatic heterocycles. The van der Waals surface area contributed by atoms with E-state index in [9.17, 15) is 13.2 Å². The normalized spacial score (nSPS) is 11.8. The first kappa shape index (κ1) is 17.1. The first-order valence-electron chi connectivity index (χ1n) is 5.99. The summed E-state index contributed by atoms with van der Waals surface area (Å²) in [5.41, 5.74) is -0.0701. The average molecular weight is 365 g/mol. The monoisotopic (exact) mass is 364 g/mol. The number of rotatable bonds is 7. The van der Waals surface area contributed by atoms with E-state index in [1.807, 2.05) is 18.9 Å². The largest absolute Gasteiger partial charge is 0.478 e. The second-order valence-corrected chi connectivity index (χ2v) is 6.83. The van der Waals surface area contributed by atoms with Crippen LogP contribution in [0.5, 0.6) is 0 Å². The Labute approximate surface area is 127 Å². The second-order valence-electron chi connectivity index (χ2n) is 4.24. The Morgan fingerprint density at radius 2 is 2.10 bits per heavy atom. The van der Waals surface area contributed by atoms with Gasteiger partial charge >= 0.3 is 5.97 Å². The van der Waals surface area contributed by atoms with E-state index in [2.05, 4.69) is 20.7 Å². The van der Waals surface area contributed by atoms with Gasteiger partial charge in [0.15, 0.2) is 0 Å². The van der Waals surface area contributed by atoms with Crippen LogP contribution in [0.4, 0.5) is 0 Å². The lowest BCUT2D eigenvalue weighted by Gasteiger charge is -2.14. The van der Waals surface area contributed by atoms with Crippen LogP contribution in [0.1, 0.15) is 17.3 Å². The van der Waals surface area contributed by atoms with Crippen molar-refractivity contribution in [2.24, 2.45) is 0 Å². The molecule has 1 aromatic carbocycles. The summed E-state index contributed by atoms with van der Waals surface area (Å²) >= 11 is 3.13. The minimum absolute atomic E-state index is 0.0701. The standard InChI is InChI=1S/C12H17BrN2O4S/c1-3-15(2)7-6-14-20(18,19)11-8-9(12(16)17)4-5-10(11)13/h4-5,8,14H,3,6-7H2,1-2H3,(H,16,17). The fraction of sp³-hybridized carbons (Fsp3) is 0.417. The second kappa shape index (κ2) is 7.16. The highest BCUT2D eigenvalue weighted by atomic mass is 79.9. The van der Waals surface area contributed by atoms with E-state index in [1.54, 1.807) is 0 Å². The molecule has 0 atom stereocenters. The molecule has 8 heteroatoms. The average Bonchev–Trinajstić information content (AvgIpc) is 2.38. The molecule has 6 nitrogen and oxygen atoms in total. The summed E-state index contributed by atoms with van der Waals surface area (Å²) in [4.78, 5) is 12.8. The molecule has 0 fully saturated rings. The summed E-state index contributed by atoms with van der Waals surface area (Å²) in [6.45, 7) is 3.63. The topological polar surface area (TPSA) is 86.7 Å². The van der Waals surface area contributed by atoms with E-state index in [0.29, 0.717) is 11.0 Å². The molecule has 0 aliphatic carbocycles. The number of halogens is 1. The Balaban J connectivity index is 2.92. The molecule has 2 N–H and O–H groups in total. The number of sulfonamides is 1. The minimum atomic E-state index is -3.74. The van der Waals surface area contributed by atoms with Crippen LogP contribution >= 0.6 is 15.9 Å². The van der Waals surface area contributed by atoms with E-state index in [0.717, 1.165) is 12.6 Å². The predicted molar refractivity (Wildman–Crippen MR) is 79.5 cm³/mol. The Bertz CT molecular complexity index is 589. The zero-order chi connectivity index (χ0) is 15.3. The van der Waals surface area contributed by atoms with Crippen LogP contribution in [0.15, 0.2) is 27.6 Å². The van der Waals surface area contributed by atoms with Crippen molar-refractivity contribution in [2.45, 2.75) is 11.8 Å². The van der Waals surface area contributed by atoms with Crippen LogP contribution in [-0.4, -0.2) is 51.1 Å². The molecule has 0 spiro atoms. The number of nitrogens with zero attached hydrogens (tertiary/aromatic N) is 1. The van der Waals surface area contributed by atoms with Crippen molar-refractivity contribution >= 4 is 31.9 Å². The van der Waals surface area contributed by atoms with Crippen molar-refractivity contribution in [2.75, 3.05) is 26.7 Å². The van der Waals surface area contributed by atoms with Crippen LogP contribution in [0, 0.1) is 0 Å². The Morgan fingerprint density at radius 1 is 1.45 bits per heavy atom.